The number of carbonyl (C=O) groups excluding carboxylic acids is 1. The van der Waals surface area contributed by atoms with Crippen LogP contribution in [0.4, 0.5) is 0 Å². The largest absolute Gasteiger partial charge is 0.479 e. The van der Waals surface area contributed by atoms with Crippen LogP contribution in [0.15, 0.2) is 28.7 Å². The Balaban J connectivity index is 2.05. The SMILES string of the molecule is CC[C@@H](Cc1ccccc1Br)C(=O)N1CCO[C@@H](C(=O)O)C1. The average Bonchev–Trinajstić information content (AvgIpc) is 2.53. The van der Waals surface area contributed by atoms with E-state index in [-0.39, 0.29) is 25.0 Å². The minimum Gasteiger partial charge on any atom is -0.479 e. The highest BCUT2D eigenvalue weighted by Crippen LogP contribution is 2.23. The molecule has 0 aromatic heterocycles. The minimum atomic E-state index is -1.02. The van der Waals surface area contributed by atoms with Crippen LogP contribution in [0.1, 0.15) is 18.9 Å². The molecular formula is C16H20BrNO4. The van der Waals surface area contributed by atoms with Gasteiger partial charge in [-0.3, -0.25) is 4.79 Å². The Morgan fingerprint density at radius 3 is 2.82 bits per heavy atom. The van der Waals surface area contributed by atoms with Gasteiger partial charge in [-0.15, -0.1) is 0 Å². The van der Waals surface area contributed by atoms with Gasteiger partial charge >= 0.3 is 5.97 Å². The molecule has 5 nitrogen and oxygen atoms in total. The topological polar surface area (TPSA) is 66.8 Å². The van der Waals surface area contributed by atoms with Crippen molar-refractivity contribution >= 4 is 27.8 Å². The van der Waals surface area contributed by atoms with Crippen molar-refractivity contribution in [1.29, 1.82) is 0 Å². The standard InChI is InChI=1S/C16H20BrNO4/c1-2-11(9-12-5-3-4-6-13(12)17)15(19)18-7-8-22-14(10-18)16(20)21/h3-6,11,14H,2,7-10H2,1H3,(H,20,21)/t11-,14+/m0/s1. The molecule has 0 bridgehead atoms. The number of aliphatic carboxylic acids is 1. The quantitative estimate of drug-likeness (QED) is 0.864. The van der Waals surface area contributed by atoms with Crippen LogP contribution in [0.5, 0.6) is 0 Å². The van der Waals surface area contributed by atoms with Gasteiger partial charge in [-0.25, -0.2) is 4.79 Å². The number of carboxylic acids is 1. The number of carboxylic acid groups (broad SMARTS) is 1. The first kappa shape index (κ1) is 17.0. The average molecular weight is 370 g/mol. The summed E-state index contributed by atoms with van der Waals surface area (Å²) < 4.78 is 6.16. The Bertz CT molecular complexity index is 549. The van der Waals surface area contributed by atoms with E-state index in [1.54, 1.807) is 4.90 Å². The molecule has 1 amide bonds. The normalized spacial score (nSPS) is 19.7. The fourth-order valence-corrected chi connectivity index (χ4v) is 3.04. The predicted molar refractivity (Wildman–Crippen MR) is 85.6 cm³/mol. The van der Waals surface area contributed by atoms with Gasteiger partial charge in [0, 0.05) is 16.9 Å². The van der Waals surface area contributed by atoms with Gasteiger partial charge in [-0.1, -0.05) is 41.1 Å². The van der Waals surface area contributed by atoms with Crippen LogP contribution in [0, 0.1) is 5.92 Å². The van der Waals surface area contributed by atoms with Gasteiger partial charge in [0.1, 0.15) is 0 Å². The molecule has 120 valence electrons. The fourth-order valence-electron chi connectivity index (χ4n) is 2.59. The summed E-state index contributed by atoms with van der Waals surface area (Å²) in [4.78, 5) is 25.3. The summed E-state index contributed by atoms with van der Waals surface area (Å²) in [6.45, 7) is 2.83. The number of amides is 1. The Morgan fingerprint density at radius 2 is 2.18 bits per heavy atom. The fraction of sp³-hybridized carbons (Fsp3) is 0.500. The van der Waals surface area contributed by atoms with Crippen molar-refractivity contribution in [3.8, 4) is 0 Å². The first-order valence-electron chi connectivity index (χ1n) is 7.39. The third kappa shape index (κ3) is 4.08. The van der Waals surface area contributed by atoms with E-state index in [2.05, 4.69) is 15.9 Å². The molecule has 6 heteroatoms. The number of hydrogen-bond acceptors (Lipinski definition) is 3. The van der Waals surface area contributed by atoms with Crippen molar-refractivity contribution in [2.45, 2.75) is 25.9 Å². The lowest BCUT2D eigenvalue weighted by Gasteiger charge is -2.33. The third-order valence-electron chi connectivity index (χ3n) is 3.92. The number of rotatable bonds is 5. The molecule has 1 aromatic carbocycles. The zero-order chi connectivity index (χ0) is 16.1. The Kier molecular flexibility index (Phi) is 5.97. The van der Waals surface area contributed by atoms with E-state index >= 15 is 0 Å². The second-order valence-electron chi connectivity index (χ2n) is 5.38. The second-order valence-corrected chi connectivity index (χ2v) is 6.24. The number of nitrogens with zero attached hydrogens (tertiary/aromatic N) is 1. The molecule has 0 saturated carbocycles. The summed E-state index contributed by atoms with van der Waals surface area (Å²) in [5.74, 6) is -1.16. The highest BCUT2D eigenvalue weighted by atomic mass is 79.9. The lowest BCUT2D eigenvalue weighted by atomic mass is 9.95. The van der Waals surface area contributed by atoms with Gasteiger partial charge in [0.15, 0.2) is 6.10 Å². The molecule has 1 aromatic rings. The van der Waals surface area contributed by atoms with Crippen molar-refractivity contribution < 1.29 is 19.4 Å². The zero-order valence-corrected chi connectivity index (χ0v) is 14.1. The number of carbonyl (C=O) groups is 2. The maximum absolute atomic E-state index is 12.7. The molecule has 0 unspecified atom stereocenters. The van der Waals surface area contributed by atoms with Crippen molar-refractivity contribution in [2.24, 2.45) is 5.92 Å². The summed E-state index contributed by atoms with van der Waals surface area (Å²) in [5, 5.41) is 9.04. The van der Waals surface area contributed by atoms with Crippen LogP contribution < -0.4 is 0 Å². The number of ether oxygens (including phenoxy) is 1. The molecule has 0 spiro atoms. The molecule has 1 aliphatic rings. The van der Waals surface area contributed by atoms with Crippen LogP contribution in [0.2, 0.25) is 0 Å². The smallest absolute Gasteiger partial charge is 0.334 e. The van der Waals surface area contributed by atoms with Crippen LogP contribution in [0.3, 0.4) is 0 Å². The van der Waals surface area contributed by atoms with Gasteiger partial charge in [0.2, 0.25) is 5.91 Å². The van der Waals surface area contributed by atoms with E-state index in [4.69, 9.17) is 9.84 Å². The van der Waals surface area contributed by atoms with Crippen LogP contribution in [0.25, 0.3) is 0 Å². The monoisotopic (exact) mass is 369 g/mol. The molecule has 1 aliphatic heterocycles. The molecular weight excluding hydrogens is 350 g/mol. The summed E-state index contributed by atoms with van der Waals surface area (Å²) in [5.41, 5.74) is 1.09. The van der Waals surface area contributed by atoms with E-state index in [1.807, 2.05) is 31.2 Å². The molecule has 0 radical (unpaired) electrons. The molecule has 2 atom stereocenters. The molecule has 22 heavy (non-hydrogen) atoms. The van der Waals surface area contributed by atoms with Crippen LogP contribution in [-0.4, -0.2) is 47.7 Å². The van der Waals surface area contributed by atoms with E-state index < -0.39 is 12.1 Å². The van der Waals surface area contributed by atoms with Crippen molar-refractivity contribution in [2.75, 3.05) is 19.7 Å². The van der Waals surface area contributed by atoms with Gasteiger partial charge < -0.3 is 14.7 Å². The molecule has 1 fully saturated rings. The highest BCUT2D eigenvalue weighted by molar-refractivity contribution is 9.10. The summed E-state index contributed by atoms with van der Waals surface area (Å²) in [6.07, 6.45) is 0.444. The predicted octanol–water partition coefficient (Wildman–Crippen LogP) is 2.33. The van der Waals surface area contributed by atoms with Crippen molar-refractivity contribution in [3.63, 3.8) is 0 Å². The zero-order valence-electron chi connectivity index (χ0n) is 12.5. The molecule has 1 saturated heterocycles. The van der Waals surface area contributed by atoms with E-state index in [0.717, 1.165) is 16.5 Å². The van der Waals surface area contributed by atoms with Gasteiger partial charge in [0.25, 0.3) is 0 Å². The van der Waals surface area contributed by atoms with E-state index in [9.17, 15) is 9.59 Å². The number of halogens is 1. The number of morpholine rings is 1. The lowest BCUT2D eigenvalue weighted by Crippen LogP contribution is -2.50. The highest BCUT2D eigenvalue weighted by Gasteiger charge is 2.31. The second kappa shape index (κ2) is 7.74. The molecule has 1 N–H and O–H groups in total. The molecule has 1 heterocycles. The van der Waals surface area contributed by atoms with Gasteiger partial charge in [-0.05, 0) is 24.5 Å². The Hall–Kier alpha value is -1.40. The first-order valence-corrected chi connectivity index (χ1v) is 8.18. The van der Waals surface area contributed by atoms with Gasteiger partial charge in [0.05, 0.1) is 13.2 Å². The number of benzene rings is 1. The number of hydrogen-bond donors (Lipinski definition) is 1. The van der Waals surface area contributed by atoms with Crippen LogP contribution >= 0.6 is 15.9 Å². The van der Waals surface area contributed by atoms with Crippen molar-refractivity contribution in [3.05, 3.63) is 34.3 Å². The molecule has 0 aliphatic carbocycles. The van der Waals surface area contributed by atoms with E-state index in [0.29, 0.717) is 13.0 Å². The molecule has 2 rings (SSSR count). The summed E-state index contributed by atoms with van der Waals surface area (Å²) in [7, 11) is 0. The summed E-state index contributed by atoms with van der Waals surface area (Å²) in [6, 6.07) is 7.85. The maximum Gasteiger partial charge on any atom is 0.334 e. The lowest BCUT2D eigenvalue weighted by molar-refractivity contribution is -0.160. The van der Waals surface area contributed by atoms with Gasteiger partial charge in [-0.2, -0.15) is 0 Å². The first-order chi connectivity index (χ1) is 10.5. The Morgan fingerprint density at radius 1 is 1.45 bits per heavy atom. The van der Waals surface area contributed by atoms with E-state index in [1.165, 1.54) is 0 Å². The van der Waals surface area contributed by atoms with Crippen LogP contribution in [-0.2, 0) is 20.7 Å². The Labute approximate surface area is 138 Å². The maximum atomic E-state index is 12.7. The minimum absolute atomic E-state index is 0.00723. The summed E-state index contributed by atoms with van der Waals surface area (Å²) >= 11 is 3.51. The van der Waals surface area contributed by atoms with Crippen molar-refractivity contribution in [1.82, 2.24) is 4.90 Å². The third-order valence-corrected chi connectivity index (χ3v) is 4.69.